The lowest BCUT2D eigenvalue weighted by Crippen LogP contribution is -2.64. The van der Waals surface area contributed by atoms with Gasteiger partial charge in [-0.3, -0.25) is 19.2 Å². The third-order valence-electron chi connectivity index (χ3n) is 7.95. The Morgan fingerprint density at radius 3 is 1.78 bits per heavy atom. The predicted octanol–water partition coefficient (Wildman–Crippen LogP) is 1.57. The molecule has 0 unspecified atom stereocenters. The van der Waals surface area contributed by atoms with Crippen molar-refractivity contribution < 1.29 is 62.3 Å². The summed E-state index contributed by atoms with van der Waals surface area (Å²) in [5, 5.41) is 17.5. The second-order valence-electron chi connectivity index (χ2n) is 11.7. The third kappa shape index (κ3) is 10.4. The Balaban J connectivity index is 1.37. The molecule has 2 aliphatic rings. The first-order valence-corrected chi connectivity index (χ1v) is 16.3. The van der Waals surface area contributed by atoms with E-state index in [1.165, 1.54) is 0 Å². The van der Waals surface area contributed by atoms with Gasteiger partial charge in [-0.1, -0.05) is 48.5 Å². The van der Waals surface area contributed by atoms with E-state index < -0.39 is 79.1 Å². The number of benzene rings is 2. The van der Waals surface area contributed by atoms with Gasteiger partial charge >= 0.3 is 35.9 Å². The first kappa shape index (κ1) is 38.5. The van der Waals surface area contributed by atoms with E-state index in [0.717, 1.165) is 49.9 Å². The van der Waals surface area contributed by atoms with Crippen LogP contribution in [0.1, 0.15) is 44.7 Å². The highest BCUT2D eigenvalue weighted by Gasteiger charge is 2.52. The summed E-state index contributed by atoms with van der Waals surface area (Å²) in [4.78, 5) is 72.3. The van der Waals surface area contributed by atoms with Crippen LogP contribution >= 0.6 is 12.2 Å². The van der Waals surface area contributed by atoms with Gasteiger partial charge in [0.1, 0.15) is 31.5 Å². The molecule has 0 radical (unpaired) electrons. The number of alkyl carbamates (subject to hydrolysis) is 1. The van der Waals surface area contributed by atoms with Crippen LogP contribution in [-0.4, -0.2) is 109 Å². The minimum Gasteiger partial charge on any atom is -0.480 e. The Morgan fingerprint density at radius 2 is 1.25 bits per heavy atom. The van der Waals surface area contributed by atoms with Crippen LogP contribution in [-0.2, 0) is 52.4 Å². The lowest BCUT2D eigenvalue weighted by molar-refractivity contribution is -0.251. The number of carboxylic acids is 1. The summed E-state index contributed by atoms with van der Waals surface area (Å²) in [6.07, 6.45) is -7.21. The van der Waals surface area contributed by atoms with Crippen molar-refractivity contribution in [2.75, 3.05) is 26.3 Å². The summed E-state index contributed by atoms with van der Waals surface area (Å²) in [5.41, 5.74) is 4.08. The molecule has 51 heavy (non-hydrogen) atoms. The van der Waals surface area contributed by atoms with Crippen LogP contribution in [0, 0.1) is 0 Å². The molecule has 0 spiro atoms. The van der Waals surface area contributed by atoms with Gasteiger partial charge < -0.3 is 49.5 Å². The first-order valence-electron chi connectivity index (χ1n) is 15.9. The molecule has 1 saturated heterocycles. The molecular formula is C34H39N3O13S. The Hall–Kier alpha value is -5.29. The van der Waals surface area contributed by atoms with E-state index in [9.17, 15) is 33.9 Å². The molecule has 6 atom stereocenters. The summed E-state index contributed by atoms with van der Waals surface area (Å²) >= 11 is 5.31. The molecule has 0 aromatic heterocycles. The van der Waals surface area contributed by atoms with Crippen LogP contribution in [0.15, 0.2) is 48.5 Å². The summed E-state index contributed by atoms with van der Waals surface area (Å²) in [7, 11) is 0. The number of ether oxygens (including phenoxy) is 6. The fourth-order valence-electron chi connectivity index (χ4n) is 5.92. The van der Waals surface area contributed by atoms with Gasteiger partial charge in [-0.05, 0) is 34.5 Å². The number of nitrogens with one attached hydrogen (secondary N) is 3. The summed E-state index contributed by atoms with van der Waals surface area (Å²) in [6.45, 7) is 3.50. The number of carboxylic acid groups (broad SMARTS) is 1. The molecule has 17 heteroatoms. The monoisotopic (exact) mass is 729 g/mol. The van der Waals surface area contributed by atoms with Gasteiger partial charge in [-0.15, -0.1) is 0 Å². The molecule has 1 aliphatic heterocycles. The van der Waals surface area contributed by atoms with Crippen LogP contribution in [0.25, 0.3) is 11.1 Å². The average Bonchev–Trinajstić information content (AvgIpc) is 3.38. The SMILES string of the molecule is CC(=O)OC[C@H]1O[C@H](CNC(=S)NC[C@H](NC(=O)OCC2c3ccccc3-c3ccccc32)C(=O)O)[C@@H](OC(C)=O)[C@@H](OC(C)=O)[C@@H]1OC(C)=O. The zero-order chi connectivity index (χ0) is 37.2. The van der Waals surface area contributed by atoms with Gasteiger partial charge in [0.05, 0.1) is 0 Å². The van der Waals surface area contributed by atoms with Crippen molar-refractivity contribution in [1.29, 1.82) is 0 Å². The lowest BCUT2D eigenvalue weighted by atomic mass is 9.94. The number of thiocarbonyl (C=S) groups is 1. The quantitative estimate of drug-likeness (QED) is 0.131. The number of rotatable bonds is 13. The molecule has 4 rings (SSSR count). The summed E-state index contributed by atoms with van der Waals surface area (Å²) in [6, 6.07) is 14.1. The van der Waals surface area contributed by atoms with Crippen molar-refractivity contribution in [3.05, 3.63) is 59.7 Å². The number of fused-ring (bicyclic) bond motifs is 3. The van der Waals surface area contributed by atoms with Crippen LogP contribution in [0.4, 0.5) is 4.79 Å². The van der Waals surface area contributed by atoms with Crippen LogP contribution in [0.5, 0.6) is 0 Å². The smallest absolute Gasteiger partial charge is 0.407 e. The minimum absolute atomic E-state index is 0.0183. The largest absolute Gasteiger partial charge is 0.480 e. The fourth-order valence-corrected chi connectivity index (χ4v) is 6.08. The van der Waals surface area contributed by atoms with Crippen molar-refractivity contribution in [2.45, 2.75) is 70.2 Å². The average molecular weight is 730 g/mol. The number of carbonyl (C=O) groups is 6. The number of esters is 4. The van der Waals surface area contributed by atoms with Crippen LogP contribution in [0.2, 0.25) is 0 Å². The molecule has 1 fully saturated rings. The van der Waals surface area contributed by atoms with E-state index in [1.54, 1.807) is 0 Å². The zero-order valence-corrected chi connectivity index (χ0v) is 29.1. The normalized spacial score (nSPS) is 21.1. The van der Waals surface area contributed by atoms with Gasteiger partial charge in [0.2, 0.25) is 0 Å². The Labute approximate surface area is 298 Å². The second-order valence-corrected chi connectivity index (χ2v) is 12.1. The van der Waals surface area contributed by atoms with Crippen molar-refractivity contribution in [1.82, 2.24) is 16.0 Å². The molecule has 4 N–H and O–H groups in total. The molecule has 1 aliphatic carbocycles. The van der Waals surface area contributed by atoms with Gasteiger partial charge in [0.15, 0.2) is 23.4 Å². The number of hydrogen-bond acceptors (Lipinski definition) is 13. The molecule has 16 nitrogen and oxygen atoms in total. The van der Waals surface area contributed by atoms with Crippen molar-refractivity contribution in [2.24, 2.45) is 0 Å². The van der Waals surface area contributed by atoms with E-state index in [1.807, 2.05) is 48.5 Å². The summed E-state index contributed by atoms with van der Waals surface area (Å²) in [5.74, 6) is -4.57. The Morgan fingerprint density at radius 1 is 0.725 bits per heavy atom. The maximum Gasteiger partial charge on any atom is 0.407 e. The second kappa shape index (κ2) is 17.6. The number of hydrogen-bond donors (Lipinski definition) is 4. The number of amides is 1. The highest BCUT2D eigenvalue weighted by Crippen LogP contribution is 2.44. The van der Waals surface area contributed by atoms with E-state index in [-0.39, 0.29) is 30.7 Å². The fraction of sp³-hybridized carbons (Fsp3) is 0.441. The van der Waals surface area contributed by atoms with E-state index in [4.69, 9.17) is 40.6 Å². The van der Waals surface area contributed by atoms with Gasteiger partial charge in [0, 0.05) is 46.7 Å². The topological polar surface area (TPSA) is 214 Å². The number of carbonyl (C=O) groups excluding carboxylic acids is 5. The third-order valence-corrected chi connectivity index (χ3v) is 8.24. The van der Waals surface area contributed by atoms with Crippen molar-refractivity contribution >= 4 is 53.3 Å². The maximum atomic E-state index is 12.7. The van der Waals surface area contributed by atoms with Gasteiger partial charge in [-0.2, -0.15) is 0 Å². The molecule has 2 aromatic carbocycles. The predicted molar refractivity (Wildman–Crippen MR) is 180 cm³/mol. The number of aliphatic carboxylic acids is 1. The maximum absolute atomic E-state index is 12.7. The van der Waals surface area contributed by atoms with Gasteiger partial charge in [-0.25, -0.2) is 9.59 Å². The minimum atomic E-state index is -1.45. The molecule has 0 bridgehead atoms. The highest BCUT2D eigenvalue weighted by atomic mass is 32.1. The first-order chi connectivity index (χ1) is 24.2. The molecule has 0 saturated carbocycles. The Bertz CT molecular complexity index is 1610. The van der Waals surface area contributed by atoms with E-state index in [2.05, 4.69) is 16.0 Å². The van der Waals surface area contributed by atoms with E-state index >= 15 is 0 Å². The molecule has 1 amide bonds. The standard InChI is InChI=1S/C34H39N3O13S/c1-17(38)45-16-28-30(48-19(3)40)31(49-20(4)41)29(47-18(2)39)27(50-28)14-36-33(51)35-13-26(32(42)43)37-34(44)46-15-25-23-11-7-5-9-21(23)22-10-6-8-12-24(22)25/h5-12,25-31H,13-16H2,1-4H3,(H,37,44)(H,42,43)(H2,35,36,51)/t26-,27+,28+,29+,30+,31+/m0/s1. The van der Waals surface area contributed by atoms with E-state index in [0.29, 0.717) is 0 Å². The molecule has 274 valence electrons. The van der Waals surface area contributed by atoms with Gasteiger partial charge in [0.25, 0.3) is 0 Å². The summed E-state index contributed by atoms with van der Waals surface area (Å²) < 4.78 is 32.7. The molecule has 2 aromatic rings. The van der Waals surface area contributed by atoms with Crippen molar-refractivity contribution in [3.63, 3.8) is 0 Å². The molecular weight excluding hydrogens is 690 g/mol. The van der Waals surface area contributed by atoms with Crippen LogP contribution < -0.4 is 16.0 Å². The zero-order valence-electron chi connectivity index (χ0n) is 28.2. The lowest BCUT2D eigenvalue weighted by Gasteiger charge is -2.44. The highest BCUT2D eigenvalue weighted by molar-refractivity contribution is 7.80. The molecule has 1 heterocycles. The Kier molecular flexibility index (Phi) is 13.3. The van der Waals surface area contributed by atoms with Crippen LogP contribution in [0.3, 0.4) is 0 Å². The van der Waals surface area contributed by atoms with Crippen molar-refractivity contribution in [3.8, 4) is 11.1 Å².